The molecule has 17 heavy (non-hydrogen) atoms. The van der Waals surface area contributed by atoms with E-state index >= 15 is 0 Å². The third kappa shape index (κ3) is 1.99. The average Bonchev–Trinajstić information content (AvgIpc) is 2.85. The standard InChI is InChI=1S/C12H11NO4/c1-15-8-3-4-9(10(5-8)16-2)12-11(6-14)17-7-13-12/h3-7H,1-2H3. The van der Waals surface area contributed by atoms with Gasteiger partial charge in [-0.05, 0) is 12.1 Å². The van der Waals surface area contributed by atoms with Gasteiger partial charge in [-0.1, -0.05) is 0 Å². The molecule has 2 rings (SSSR count). The lowest BCUT2D eigenvalue weighted by molar-refractivity contribution is 0.110. The van der Waals surface area contributed by atoms with Crippen molar-refractivity contribution in [2.24, 2.45) is 0 Å². The molecule has 0 bridgehead atoms. The van der Waals surface area contributed by atoms with Gasteiger partial charge in [0, 0.05) is 11.6 Å². The van der Waals surface area contributed by atoms with E-state index < -0.39 is 0 Å². The summed E-state index contributed by atoms with van der Waals surface area (Å²) in [6.07, 6.45) is 1.84. The molecule has 88 valence electrons. The van der Waals surface area contributed by atoms with Crippen LogP contribution >= 0.6 is 0 Å². The van der Waals surface area contributed by atoms with Gasteiger partial charge in [0.2, 0.25) is 0 Å². The summed E-state index contributed by atoms with van der Waals surface area (Å²) in [5.74, 6) is 1.41. The Morgan fingerprint density at radius 3 is 2.76 bits per heavy atom. The first-order chi connectivity index (χ1) is 8.30. The minimum Gasteiger partial charge on any atom is -0.497 e. The van der Waals surface area contributed by atoms with Crippen LogP contribution in [0.4, 0.5) is 0 Å². The van der Waals surface area contributed by atoms with Crippen molar-refractivity contribution in [2.45, 2.75) is 0 Å². The van der Waals surface area contributed by atoms with Crippen molar-refractivity contribution in [3.8, 4) is 22.8 Å². The van der Waals surface area contributed by atoms with Crippen LogP contribution in [0.15, 0.2) is 29.0 Å². The van der Waals surface area contributed by atoms with Gasteiger partial charge in [-0.25, -0.2) is 4.98 Å². The number of aromatic nitrogens is 1. The third-order valence-corrected chi connectivity index (χ3v) is 2.37. The van der Waals surface area contributed by atoms with Crippen LogP contribution < -0.4 is 9.47 Å². The maximum Gasteiger partial charge on any atom is 0.194 e. The van der Waals surface area contributed by atoms with E-state index in [1.165, 1.54) is 6.39 Å². The summed E-state index contributed by atoms with van der Waals surface area (Å²) in [5, 5.41) is 0. The molecule has 0 spiro atoms. The lowest BCUT2D eigenvalue weighted by Gasteiger charge is -2.08. The van der Waals surface area contributed by atoms with Crippen LogP contribution in [0.5, 0.6) is 11.5 Å². The first-order valence-corrected chi connectivity index (χ1v) is 4.91. The SMILES string of the molecule is COc1ccc(-c2ncoc2C=O)c(OC)c1. The molecule has 0 radical (unpaired) electrons. The molecule has 1 aromatic heterocycles. The predicted octanol–water partition coefficient (Wildman–Crippen LogP) is 2.17. The fraction of sp³-hybridized carbons (Fsp3) is 0.167. The van der Waals surface area contributed by atoms with Crippen molar-refractivity contribution in [1.29, 1.82) is 0 Å². The zero-order chi connectivity index (χ0) is 12.3. The minimum absolute atomic E-state index is 0.175. The van der Waals surface area contributed by atoms with Crippen LogP contribution in [-0.4, -0.2) is 25.5 Å². The van der Waals surface area contributed by atoms with E-state index in [9.17, 15) is 4.79 Å². The fourth-order valence-electron chi connectivity index (χ4n) is 1.54. The van der Waals surface area contributed by atoms with Crippen LogP contribution in [-0.2, 0) is 0 Å². The van der Waals surface area contributed by atoms with E-state index in [-0.39, 0.29) is 5.76 Å². The number of oxazole rings is 1. The number of methoxy groups -OCH3 is 2. The quantitative estimate of drug-likeness (QED) is 0.757. The van der Waals surface area contributed by atoms with Crippen molar-refractivity contribution < 1.29 is 18.7 Å². The lowest BCUT2D eigenvalue weighted by Crippen LogP contribution is -1.92. The first kappa shape index (κ1) is 11.2. The van der Waals surface area contributed by atoms with E-state index in [0.717, 1.165) is 0 Å². The monoisotopic (exact) mass is 233 g/mol. The van der Waals surface area contributed by atoms with E-state index in [1.54, 1.807) is 32.4 Å². The van der Waals surface area contributed by atoms with Gasteiger partial charge < -0.3 is 13.9 Å². The largest absolute Gasteiger partial charge is 0.497 e. The van der Waals surface area contributed by atoms with Gasteiger partial charge in [0.05, 0.1) is 14.2 Å². The molecule has 1 heterocycles. The van der Waals surface area contributed by atoms with Crippen molar-refractivity contribution in [3.05, 3.63) is 30.4 Å². The Kier molecular flexibility index (Phi) is 3.09. The van der Waals surface area contributed by atoms with Crippen LogP contribution in [0, 0.1) is 0 Å². The maximum atomic E-state index is 10.8. The Morgan fingerprint density at radius 1 is 1.29 bits per heavy atom. The predicted molar refractivity (Wildman–Crippen MR) is 60.4 cm³/mol. The van der Waals surface area contributed by atoms with E-state index in [0.29, 0.717) is 29.0 Å². The highest BCUT2D eigenvalue weighted by atomic mass is 16.5. The van der Waals surface area contributed by atoms with Crippen LogP contribution in [0.2, 0.25) is 0 Å². The Hall–Kier alpha value is -2.30. The Bertz CT molecular complexity index is 533. The normalized spacial score (nSPS) is 10.0. The molecule has 0 fully saturated rings. The smallest absolute Gasteiger partial charge is 0.194 e. The molecule has 0 N–H and O–H groups in total. The van der Waals surface area contributed by atoms with Crippen molar-refractivity contribution in [1.82, 2.24) is 4.98 Å². The van der Waals surface area contributed by atoms with Crippen LogP contribution in [0.1, 0.15) is 10.6 Å². The number of carbonyl (C=O) groups excluding carboxylic acids is 1. The van der Waals surface area contributed by atoms with Crippen LogP contribution in [0.3, 0.4) is 0 Å². The van der Waals surface area contributed by atoms with E-state index in [4.69, 9.17) is 13.9 Å². The topological polar surface area (TPSA) is 61.6 Å². The van der Waals surface area contributed by atoms with Gasteiger partial charge >= 0.3 is 0 Å². The second-order valence-corrected chi connectivity index (χ2v) is 3.25. The highest BCUT2D eigenvalue weighted by Crippen LogP contribution is 2.33. The summed E-state index contributed by atoms with van der Waals surface area (Å²) in [4.78, 5) is 14.8. The zero-order valence-electron chi connectivity index (χ0n) is 9.47. The minimum atomic E-state index is 0.175. The summed E-state index contributed by atoms with van der Waals surface area (Å²) in [7, 11) is 3.11. The maximum absolute atomic E-state index is 10.8. The molecular formula is C12H11NO4. The molecule has 0 aliphatic rings. The van der Waals surface area contributed by atoms with Gasteiger partial charge in [-0.3, -0.25) is 4.79 Å². The second kappa shape index (κ2) is 4.69. The van der Waals surface area contributed by atoms with Gasteiger partial charge in [0.15, 0.2) is 18.4 Å². The third-order valence-electron chi connectivity index (χ3n) is 2.37. The molecule has 1 aromatic carbocycles. The Morgan fingerprint density at radius 2 is 2.12 bits per heavy atom. The number of hydrogen-bond donors (Lipinski definition) is 0. The summed E-state index contributed by atoms with van der Waals surface area (Å²) in [6, 6.07) is 5.25. The fourth-order valence-corrected chi connectivity index (χ4v) is 1.54. The summed E-state index contributed by atoms with van der Waals surface area (Å²) in [5.41, 5.74) is 1.14. The summed E-state index contributed by atoms with van der Waals surface area (Å²) in [6.45, 7) is 0. The Balaban J connectivity index is 2.55. The average molecular weight is 233 g/mol. The first-order valence-electron chi connectivity index (χ1n) is 4.91. The van der Waals surface area contributed by atoms with Crippen molar-refractivity contribution in [3.63, 3.8) is 0 Å². The highest BCUT2D eigenvalue weighted by Gasteiger charge is 2.15. The van der Waals surface area contributed by atoms with Crippen molar-refractivity contribution >= 4 is 6.29 Å². The molecule has 0 aliphatic carbocycles. The number of aldehydes is 1. The number of rotatable bonds is 4. The molecule has 0 amide bonds. The lowest BCUT2D eigenvalue weighted by atomic mass is 10.1. The molecule has 5 heteroatoms. The van der Waals surface area contributed by atoms with Gasteiger partial charge in [-0.15, -0.1) is 0 Å². The van der Waals surface area contributed by atoms with Gasteiger partial charge in [-0.2, -0.15) is 0 Å². The molecule has 0 saturated heterocycles. The summed E-state index contributed by atoms with van der Waals surface area (Å²) < 4.78 is 15.3. The number of hydrogen-bond acceptors (Lipinski definition) is 5. The molecule has 2 aromatic rings. The number of nitrogens with zero attached hydrogens (tertiary/aromatic N) is 1. The number of carbonyl (C=O) groups is 1. The molecular weight excluding hydrogens is 222 g/mol. The zero-order valence-corrected chi connectivity index (χ0v) is 9.47. The highest BCUT2D eigenvalue weighted by molar-refractivity contribution is 5.84. The molecule has 5 nitrogen and oxygen atoms in total. The molecule has 0 saturated carbocycles. The molecule has 0 unspecified atom stereocenters. The summed E-state index contributed by atoms with van der Waals surface area (Å²) >= 11 is 0. The van der Waals surface area contributed by atoms with Crippen molar-refractivity contribution in [2.75, 3.05) is 14.2 Å². The molecule has 0 atom stereocenters. The van der Waals surface area contributed by atoms with Crippen LogP contribution in [0.25, 0.3) is 11.3 Å². The van der Waals surface area contributed by atoms with Gasteiger partial charge in [0.1, 0.15) is 17.2 Å². The molecule has 0 aliphatic heterocycles. The Labute approximate surface area is 98.0 Å². The number of ether oxygens (including phenoxy) is 2. The van der Waals surface area contributed by atoms with E-state index in [1.807, 2.05) is 0 Å². The second-order valence-electron chi connectivity index (χ2n) is 3.25. The number of benzene rings is 1. The van der Waals surface area contributed by atoms with E-state index in [2.05, 4.69) is 4.98 Å². The van der Waals surface area contributed by atoms with Gasteiger partial charge in [0.25, 0.3) is 0 Å².